The highest BCUT2D eigenvalue weighted by atomic mass is 79.9. The standard InChI is InChI=1S/C10H5BrF4O2/c11-3-9(17)6-2-8(12)7(10(13,14)15)1-5(6)4-16/h1-2,4H,3H2. The van der Waals surface area contributed by atoms with Gasteiger partial charge in [-0.05, 0) is 12.1 Å². The molecular weight excluding hydrogens is 308 g/mol. The summed E-state index contributed by atoms with van der Waals surface area (Å²) < 4.78 is 50.1. The molecular formula is C10H5BrF4O2. The Bertz CT molecular complexity index is 468. The van der Waals surface area contributed by atoms with Gasteiger partial charge >= 0.3 is 6.18 Å². The van der Waals surface area contributed by atoms with Gasteiger partial charge in [0.15, 0.2) is 12.1 Å². The van der Waals surface area contributed by atoms with Crippen LogP contribution in [0, 0.1) is 5.82 Å². The number of hydrogen-bond donors (Lipinski definition) is 0. The van der Waals surface area contributed by atoms with Crippen LogP contribution in [0.3, 0.4) is 0 Å². The Morgan fingerprint density at radius 1 is 1.35 bits per heavy atom. The van der Waals surface area contributed by atoms with Crippen LogP contribution in [0.1, 0.15) is 26.3 Å². The summed E-state index contributed by atoms with van der Waals surface area (Å²) in [4.78, 5) is 21.8. The van der Waals surface area contributed by atoms with Crippen LogP contribution in [0.25, 0.3) is 0 Å². The number of benzene rings is 1. The number of carbonyl (C=O) groups excluding carboxylic acids is 2. The van der Waals surface area contributed by atoms with Gasteiger partial charge in [0.2, 0.25) is 0 Å². The van der Waals surface area contributed by atoms with Crippen LogP contribution in [0.5, 0.6) is 0 Å². The summed E-state index contributed by atoms with van der Waals surface area (Å²) in [6.45, 7) is 0. The number of Topliss-reactive ketones (excluding diaryl/α,β-unsaturated/α-hetero) is 1. The third-order valence-electron chi connectivity index (χ3n) is 1.99. The highest BCUT2D eigenvalue weighted by Gasteiger charge is 2.35. The summed E-state index contributed by atoms with van der Waals surface area (Å²) in [6.07, 6.45) is -4.82. The van der Waals surface area contributed by atoms with Crippen molar-refractivity contribution in [2.45, 2.75) is 6.18 Å². The summed E-state index contributed by atoms with van der Waals surface area (Å²) >= 11 is 2.79. The molecule has 2 nitrogen and oxygen atoms in total. The average molecular weight is 313 g/mol. The molecule has 0 aromatic heterocycles. The number of alkyl halides is 4. The van der Waals surface area contributed by atoms with Gasteiger partial charge in [-0.1, -0.05) is 15.9 Å². The first-order valence-corrected chi connectivity index (χ1v) is 5.38. The molecule has 0 saturated heterocycles. The normalized spacial score (nSPS) is 11.4. The van der Waals surface area contributed by atoms with Crippen LogP contribution in [-0.2, 0) is 6.18 Å². The fraction of sp³-hybridized carbons (Fsp3) is 0.200. The third-order valence-corrected chi connectivity index (χ3v) is 2.50. The Kier molecular flexibility index (Phi) is 4.03. The predicted molar refractivity (Wildman–Crippen MR) is 54.9 cm³/mol. The molecule has 0 radical (unpaired) electrons. The van der Waals surface area contributed by atoms with E-state index in [0.717, 1.165) is 0 Å². The number of rotatable bonds is 3. The van der Waals surface area contributed by atoms with E-state index < -0.39 is 28.9 Å². The fourth-order valence-electron chi connectivity index (χ4n) is 1.22. The van der Waals surface area contributed by atoms with Crippen molar-refractivity contribution in [3.63, 3.8) is 0 Å². The van der Waals surface area contributed by atoms with Crippen molar-refractivity contribution in [3.05, 3.63) is 34.6 Å². The Labute approximate surface area is 102 Å². The molecule has 0 amide bonds. The van der Waals surface area contributed by atoms with Crippen molar-refractivity contribution in [2.75, 3.05) is 5.33 Å². The zero-order valence-corrected chi connectivity index (χ0v) is 9.73. The Morgan fingerprint density at radius 3 is 2.35 bits per heavy atom. The van der Waals surface area contributed by atoms with Crippen molar-refractivity contribution in [1.82, 2.24) is 0 Å². The van der Waals surface area contributed by atoms with Gasteiger partial charge in [-0.15, -0.1) is 0 Å². The average Bonchev–Trinajstić information content (AvgIpc) is 2.26. The van der Waals surface area contributed by atoms with E-state index in [1.807, 2.05) is 0 Å². The molecule has 0 spiro atoms. The van der Waals surface area contributed by atoms with Gasteiger partial charge in [-0.2, -0.15) is 13.2 Å². The first kappa shape index (κ1) is 13.8. The van der Waals surface area contributed by atoms with Crippen molar-refractivity contribution in [2.24, 2.45) is 0 Å². The lowest BCUT2D eigenvalue weighted by molar-refractivity contribution is -0.140. The molecule has 0 fully saturated rings. The lowest BCUT2D eigenvalue weighted by Gasteiger charge is -2.10. The number of halogens is 5. The minimum absolute atomic E-state index is 0.0879. The van der Waals surface area contributed by atoms with Crippen LogP contribution in [0.15, 0.2) is 12.1 Å². The minimum Gasteiger partial charge on any atom is -0.298 e. The van der Waals surface area contributed by atoms with E-state index in [1.54, 1.807) is 0 Å². The topological polar surface area (TPSA) is 34.1 Å². The molecule has 0 aliphatic heterocycles. The second-order valence-corrected chi connectivity index (χ2v) is 3.65. The molecule has 92 valence electrons. The maximum Gasteiger partial charge on any atom is 0.419 e. The van der Waals surface area contributed by atoms with Crippen molar-refractivity contribution < 1.29 is 27.2 Å². The summed E-state index contributed by atoms with van der Waals surface area (Å²) in [6, 6.07) is 0.758. The lowest BCUT2D eigenvalue weighted by Crippen LogP contribution is -2.13. The molecule has 0 heterocycles. The summed E-state index contributed by atoms with van der Waals surface area (Å²) in [5, 5.41) is -0.210. The smallest absolute Gasteiger partial charge is 0.298 e. The maximum atomic E-state index is 13.2. The number of hydrogen-bond acceptors (Lipinski definition) is 2. The summed E-state index contributed by atoms with van der Waals surface area (Å²) in [5.74, 6) is -2.24. The van der Waals surface area contributed by atoms with E-state index in [2.05, 4.69) is 15.9 Å². The molecule has 0 bridgehead atoms. The van der Waals surface area contributed by atoms with E-state index in [9.17, 15) is 27.2 Å². The quantitative estimate of drug-likeness (QED) is 0.372. The molecule has 0 N–H and O–H groups in total. The highest BCUT2D eigenvalue weighted by Crippen LogP contribution is 2.32. The Morgan fingerprint density at radius 2 is 1.94 bits per heavy atom. The van der Waals surface area contributed by atoms with E-state index in [0.29, 0.717) is 12.1 Å². The first-order chi connectivity index (χ1) is 7.81. The van der Waals surface area contributed by atoms with E-state index in [1.165, 1.54) is 0 Å². The predicted octanol–water partition coefficient (Wildman–Crippen LogP) is 3.23. The van der Waals surface area contributed by atoms with Crippen LogP contribution in [0.2, 0.25) is 0 Å². The van der Waals surface area contributed by atoms with Gasteiger partial charge in [-0.25, -0.2) is 4.39 Å². The van der Waals surface area contributed by atoms with Crippen molar-refractivity contribution in [3.8, 4) is 0 Å². The highest BCUT2D eigenvalue weighted by molar-refractivity contribution is 9.09. The number of carbonyl (C=O) groups is 2. The maximum absolute atomic E-state index is 13.2. The monoisotopic (exact) mass is 312 g/mol. The third kappa shape index (κ3) is 2.91. The van der Waals surface area contributed by atoms with Gasteiger partial charge in [0.1, 0.15) is 5.82 Å². The van der Waals surface area contributed by atoms with Crippen LogP contribution in [-0.4, -0.2) is 17.4 Å². The molecule has 1 aromatic carbocycles. The molecule has 0 aliphatic rings. The molecule has 0 saturated carbocycles. The molecule has 0 unspecified atom stereocenters. The number of ketones is 1. The number of aldehydes is 1. The van der Waals surface area contributed by atoms with Crippen LogP contribution >= 0.6 is 15.9 Å². The molecule has 7 heteroatoms. The first-order valence-electron chi connectivity index (χ1n) is 4.26. The molecule has 0 atom stereocenters. The van der Waals surface area contributed by atoms with E-state index >= 15 is 0 Å². The zero-order valence-electron chi connectivity index (χ0n) is 8.15. The second kappa shape index (κ2) is 4.95. The van der Waals surface area contributed by atoms with Gasteiger partial charge in [0, 0.05) is 11.1 Å². The largest absolute Gasteiger partial charge is 0.419 e. The van der Waals surface area contributed by atoms with Gasteiger partial charge in [0.05, 0.1) is 10.9 Å². The summed E-state index contributed by atoms with van der Waals surface area (Å²) in [5.41, 5.74) is -2.42. The van der Waals surface area contributed by atoms with Crippen LogP contribution < -0.4 is 0 Å². The molecule has 1 rings (SSSR count). The van der Waals surface area contributed by atoms with Crippen molar-refractivity contribution in [1.29, 1.82) is 0 Å². The summed E-state index contributed by atoms with van der Waals surface area (Å²) in [7, 11) is 0. The lowest BCUT2D eigenvalue weighted by atomic mass is 10.0. The molecule has 17 heavy (non-hydrogen) atoms. The Hall–Kier alpha value is -1.24. The zero-order chi connectivity index (χ0) is 13.2. The fourth-order valence-corrected chi connectivity index (χ4v) is 1.52. The van der Waals surface area contributed by atoms with Gasteiger partial charge < -0.3 is 0 Å². The SMILES string of the molecule is O=Cc1cc(C(F)(F)F)c(F)cc1C(=O)CBr. The second-order valence-electron chi connectivity index (χ2n) is 3.09. The van der Waals surface area contributed by atoms with Crippen LogP contribution in [0.4, 0.5) is 17.6 Å². The van der Waals surface area contributed by atoms with Gasteiger partial charge in [-0.3, -0.25) is 9.59 Å². The molecule has 0 aliphatic carbocycles. The van der Waals surface area contributed by atoms with E-state index in [-0.39, 0.29) is 17.2 Å². The minimum atomic E-state index is -4.90. The Balaban J connectivity index is 3.45. The van der Waals surface area contributed by atoms with Gasteiger partial charge in [0.25, 0.3) is 0 Å². The van der Waals surface area contributed by atoms with Crippen molar-refractivity contribution >= 4 is 28.0 Å². The van der Waals surface area contributed by atoms with E-state index in [4.69, 9.17) is 0 Å². The molecule has 1 aromatic rings.